The van der Waals surface area contributed by atoms with E-state index in [1.54, 1.807) is 6.07 Å². The highest BCUT2D eigenvalue weighted by Crippen LogP contribution is 2.11. The third-order valence-corrected chi connectivity index (χ3v) is 1.14. The number of carbonyl (C=O) groups excluding carboxylic acids is 1. The van der Waals surface area contributed by atoms with E-state index in [1.165, 1.54) is 6.26 Å². The number of hydrogen-bond donors (Lipinski definition) is 0. The summed E-state index contributed by atoms with van der Waals surface area (Å²) < 4.78 is 5.32. The molecule has 1 aromatic rings. The van der Waals surface area contributed by atoms with Crippen molar-refractivity contribution >= 4 is 22.2 Å². The quantitative estimate of drug-likeness (QED) is 0.659. The topological polar surface area (TPSA) is 30.2 Å². The summed E-state index contributed by atoms with van der Waals surface area (Å²) in [5.74, 6) is 0. The van der Waals surface area contributed by atoms with Gasteiger partial charge >= 0.3 is 0 Å². The van der Waals surface area contributed by atoms with Crippen LogP contribution >= 0.6 is 15.9 Å². The molecule has 1 rings (SSSR count). The third kappa shape index (κ3) is 2.82. The molecule has 0 saturated heterocycles. The highest BCUT2D eigenvalue weighted by atomic mass is 79.9. The molecule has 0 N–H and O–H groups in total. The molecule has 0 unspecified atom stereocenters. The lowest BCUT2D eigenvalue weighted by Gasteiger charge is -1.66. The second-order valence-electron chi connectivity index (χ2n) is 1.30. The Balaban J connectivity index is 0.000000371. The SMILES string of the molecule is CC.O=Cc1coc(Br)c1. The minimum atomic E-state index is 0.553. The maximum Gasteiger partial charge on any atom is 0.169 e. The van der Waals surface area contributed by atoms with Gasteiger partial charge in [0.15, 0.2) is 11.0 Å². The van der Waals surface area contributed by atoms with Gasteiger partial charge in [-0.25, -0.2) is 0 Å². The molecule has 1 aromatic heterocycles. The van der Waals surface area contributed by atoms with Crippen LogP contribution in [-0.2, 0) is 0 Å². The van der Waals surface area contributed by atoms with E-state index in [0.29, 0.717) is 10.2 Å². The zero-order chi connectivity index (χ0) is 7.98. The molecule has 3 heteroatoms. The van der Waals surface area contributed by atoms with Crippen LogP contribution in [0.5, 0.6) is 0 Å². The summed E-state index contributed by atoms with van der Waals surface area (Å²) in [7, 11) is 0. The molecule has 10 heavy (non-hydrogen) atoms. The van der Waals surface area contributed by atoms with Crippen molar-refractivity contribution < 1.29 is 9.21 Å². The van der Waals surface area contributed by atoms with Gasteiger partial charge in [0.25, 0.3) is 0 Å². The number of rotatable bonds is 1. The Hall–Kier alpha value is -0.570. The monoisotopic (exact) mass is 204 g/mol. The molecule has 0 aliphatic rings. The average molecular weight is 205 g/mol. The van der Waals surface area contributed by atoms with Crippen LogP contribution in [0, 0.1) is 0 Å². The average Bonchev–Trinajstić information content (AvgIpc) is 2.40. The summed E-state index contributed by atoms with van der Waals surface area (Å²) in [5.41, 5.74) is 0.553. The van der Waals surface area contributed by atoms with Crippen molar-refractivity contribution in [2.24, 2.45) is 0 Å². The van der Waals surface area contributed by atoms with Crippen molar-refractivity contribution in [3.63, 3.8) is 0 Å². The number of aldehydes is 1. The number of hydrogen-bond acceptors (Lipinski definition) is 2. The Morgan fingerprint density at radius 1 is 1.60 bits per heavy atom. The van der Waals surface area contributed by atoms with Gasteiger partial charge in [-0.2, -0.15) is 0 Å². The molecule has 56 valence electrons. The normalized spacial score (nSPS) is 7.90. The number of carbonyl (C=O) groups is 1. The van der Waals surface area contributed by atoms with Crippen LogP contribution < -0.4 is 0 Å². The second kappa shape index (κ2) is 5.23. The summed E-state index contributed by atoms with van der Waals surface area (Å²) in [6, 6.07) is 1.60. The van der Waals surface area contributed by atoms with Gasteiger partial charge < -0.3 is 4.42 Å². The Morgan fingerprint density at radius 2 is 2.20 bits per heavy atom. The summed E-state index contributed by atoms with van der Waals surface area (Å²) in [5, 5.41) is 0. The predicted octanol–water partition coefficient (Wildman–Crippen LogP) is 2.88. The molecule has 0 fully saturated rings. The molecule has 2 nitrogen and oxygen atoms in total. The first-order chi connectivity index (χ1) is 4.83. The first kappa shape index (κ1) is 9.43. The largest absolute Gasteiger partial charge is 0.457 e. The maximum atomic E-state index is 9.94. The first-order valence-electron chi connectivity index (χ1n) is 3.02. The Kier molecular flexibility index (Phi) is 4.94. The minimum absolute atomic E-state index is 0.553. The highest BCUT2D eigenvalue weighted by molar-refractivity contribution is 9.10. The van der Waals surface area contributed by atoms with Gasteiger partial charge in [0.2, 0.25) is 0 Å². The molecule has 1 heterocycles. The molecule has 0 amide bonds. The van der Waals surface area contributed by atoms with Crippen LogP contribution in [0.1, 0.15) is 24.2 Å². The van der Waals surface area contributed by atoms with Crippen molar-refractivity contribution in [3.05, 3.63) is 22.6 Å². The molecule has 0 atom stereocenters. The van der Waals surface area contributed by atoms with Crippen molar-refractivity contribution in [2.45, 2.75) is 13.8 Å². The zero-order valence-electron chi connectivity index (χ0n) is 5.93. The fraction of sp³-hybridized carbons (Fsp3) is 0.286. The van der Waals surface area contributed by atoms with Gasteiger partial charge in [-0.05, 0) is 15.9 Å². The van der Waals surface area contributed by atoms with E-state index in [2.05, 4.69) is 15.9 Å². The van der Waals surface area contributed by atoms with Crippen LogP contribution in [0.3, 0.4) is 0 Å². The minimum Gasteiger partial charge on any atom is -0.457 e. The summed E-state index contributed by atoms with van der Waals surface area (Å²) in [6.45, 7) is 4.00. The maximum absolute atomic E-state index is 9.94. The van der Waals surface area contributed by atoms with E-state index in [0.717, 1.165) is 6.29 Å². The van der Waals surface area contributed by atoms with Crippen LogP contribution in [-0.4, -0.2) is 6.29 Å². The van der Waals surface area contributed by atoms with Gasteiger partial charge in [-0.1, -0.05) is 13.8 Å². The van der Waals surface area contributed by atoms with E-state index in [1.807, 2.05) is 13.8 Å². The van der Waals surface area contributed by atoms with Crippen LogP contribution in [0.15, 0.2) is 21.4 Å². The van der Waals surface area contributed by atoms with Crippen molar-refractivity contribution in [2.75, 3.05) is 0 Å². The van der Waals surface area contributed by atoms with Gasteiger partial charge in [0.1, 0.15) is 6.26 Å². The van der Waals surface area contributed by atoms with Gasteiger partial charge in [0.05, 0.1) is 5.56 Å². The van der Waals surface area contributed by atoms with Gasteiger partial charge in [-0.3, -0.25) is 4.79 Å². The van der Waals surface area contributed by atoms with E-state index in [-0.39, 0.29) is 0 Å². The van der Waals surface area contributed by atoms with Crippen LogP contribution in [0.2, 0.25) is 0 Å². The lowest BCUT2D eigenvalue weighted by Crippen LogP contribution is -1.65. The summed E-state index contributed by atoms with van der Waals surface area (Å²) in [4.78, 5) is 9.94. The van der Waals surface area contributed by atoms with E-state index < -0.39 is 0 Å². The molecule has 0 aliphatic carbocycles. The van der Waals surface area contributed by atoms with Crippen LogP contribution in [0.25, 0.3) is 0 Å². The lowest BCUT2D eigenvalue weighted by molar-refractivity contribution is 0.112. The third-order valence-electron chi connectivity index (χ3n) is 0.724. The smallest absolute Gasteiger partial charge is 0.169 e. The Labute approximate surface area is 68.4 Å². The zero-order valence-corrected chi connectivity index (χ0v) is 7.51. The molecular weight excluding hydrogens is 196 g/mol. The standard InChI is InChI=1S/C5H3BrO2.C2H6/c6-5-1-4(2-7)3-8-5;1-2/h1-3H;1-2H3. The molecule has 0 spiro atoms. The fourth-order valence-electron chi connectivity index (χ4n) is 0.385. The Bertz CT molecular complexity index is 193. The molecule has 0 saturated carbocycles. The van der Waals surface area contributed by atoms with Crippen molar-refractivity contribution in [3.8, 4) is 0 Å². The molecule has 0 radical (unpaired) electrons. The first-order valence-corrected chi connectivity index (χ1v) is 3.81. The van der Waals surface area contributed by atoms with Crippen molar-refractivity contribution in [1.82, 2.24) is 0 Å². The van der Waals surface area contributed by atoms with Crippen molar-refractivity contribution in [1.29, 1.82) is 0 Å². The van der Waals surface area contributed by atoms with Gasteiger partial charge in [0, 0.05) is 6.07 Å². The summed E-state index contributed by atoms with van der Waals surface area (Å²) >= 11 is 3.05. The highest BCUT2D eigenvalue weighted by Gasteiger charge is 1.93. The lowest BCUT2D eigenvalue weighted by atomic mass is 10.4. The molecule has 0 bridgehead atoms. The Morgan fingerprint density at radius 3 is 2.40 bits per heavy atom. The fourth-order valence-corrected chi connectivity index (χ4v) is 0.743. The van der Waals surface area contributed by atoms with E-state index in [9.17, 15) is 4.79 Å². The van der Waals surface area contributed by atoms with E-state index in [4.69, 9.17) is 4.42 Å². The molecule has 0 aromatic carbocycles. The number of halogens is 1. The molecule has 0 aliphatic heterocycles. The number of furan rings is 1. The van der Waals surface area contributed by atoms with Gasteiger partial charge in [-0.15, -0.1) is 0 Å². The summed E-state index contributed by atoms with van der Waals surface area (Å²) in [6.07, 6.45) is 2.12. The molecular formula is C7H9BrO2. The second-order valence-corrected chi connectivity index (χ2v) is 2.08. The van der Waals surface area contributed by atoms with Crippen LogP contribution in [0.4, 0.5) is 0 Å². The van der Waals surface area contributed by atoms with E-state index >= 15 is 0 Å². The predicted molar refractivity (Wildman–Crippen MR) is 43.1 cm³/mol.